The maximum atomic E-state index is 4.28. The number of imidazole rings is 1. The van der Waals surface area contributed by atoms with E-state index in [4.69, 9.17) is 0 Å². The zero-order valence-corrected chi connectivity index (χ0v) is 10.0. The zero-order valence-electron chi connectivity index (χ0n) is 10.0. The van der Waals surface area contributed by atoms with E-state index in [0.717, 1.165) is 31.0 Å². The summed E-state index contributed by atoms with van der Waals surface area (Å²) < 4.78 is 4.06. The fourth-order valence-corrected chi connectivity index (χ4v) is 1.67. The number of nitrogens with zero attached hydrogens (tertiary/aromatic N) is 5. The molecule has 0 fully saturated rings. The summed E-state index contributed by atoms with van der Waals surface area (Å²) in [4.78, 5) is 8.56. The van der Waals surface area contributed by atoms with E-state index in [2.05, 4.69) is 33.5 Å². The molecule has 0 aliphatic heterocycles. The lowest BCUT2D eigenvalue weighted by molar-refractivity contribution is 0.551. The molecule has 0 unspecified atom stereocenters. The van der Waals surface area contributed by atoms with Gasteiger partial charge in [0.25, 0.3) is 0 Å². The van der Waals surface area contributed by atoms with Crippen LogP contribution in [0.15, 0.2) is 12.7 Å². The van der Waals surface area contributed by atoms with Gasteiger partial charge in [0, 0.05) is 12.2 Å². The summed E-state index contributed by atoms with van der Waals surface area (Å²) in [6.45, 7) is 7.89. The van der Waals surface area contributed by atoms with Gasteiger partial charge in [0.05, 0.1) is 18.6 Å². The maximum Gasteiger partial charge on any atom is 0.146 e. The Labute approximate surface area is 95.1 Å². The van der Waals surface area contributed by atoms with Gasteiger partial charge in [-0.25, -0.2) is 14.6 Å². The summed E-state index contributed by atoms with van der Waals surface area (Å²) in [5, 5.41) is 4.21. The Morgan fingerprint density at radius 2 is 2.06 bits per heavy atom. The van der Waals surface area contributed by atoms with Crippen molar-refractivity contribution in [2.45, 2.75) is 40.3 Å². The topological polar surface area (TPSA) is 48.5 Å². The number of aromatic nitrogens is 5. The highest BCUT2D eigenvalue weighted by molar-refractivity contribution is 5.09. The van der Waals surface area contributed by atoms with E-state index in [1.165, 1.54) is 5.69 Å². The molecular formula is C11H17N5. The smallest absolute Gasteiger partial charge is 0.146 e. The van der Waals surface area contributed by atoms with Gasteiger partial charge in [-0.15, -0.1) is 0 Å². The zero-order chi connectivity index (χ0) is 11.5. The predicted molar refractivity (Wildman–Crippen MR) is 61.1 cm³/mol. The summed E-state index contributed by atoms with van der Waals surface area (Å²) in [6.07, 6.45) is 4.54. The fraction of sp³-hybridized carbons (Fsp3) is 0.545. The Hall–Kier alpha value is -1.65. The molecule has 0 amide bonds. The van der Waals surface area contributed by atoms with Gasteiger partial charge in [0.2, 0.25) is 0 Å². The highest BCUT2D eigenvalue weighted by Crippen LogP contribution is 2.07. The van der Waals surface area contributed by atoms with Crippen LogP contribution in [-0.4, -0.2) is 24.3 Å². The first-order chi connectivity index (χ1) is 7.72. The molecule has 0 aliphatic carbocycles. The van der Waals surface area contributed by atoms with Crippen LogP contribution in [0.5, 0.6) is 0 Å². The highest BCUT2D eigenvalue weighted by Gasteiger charge is 2.07. The molecule has 16 heavy (non-hydrogen) atoms. The third-order valence-electron chi connectivity index (χ3n) is 2.79. The molecule has 2 aromatic heterocycles. The summed E-state index contributed by atoms with van der Waals surface area (Å²) in [6, 6.07) is 0. The van der Waals surface area contributed by atoms with E-state index >= 15 is 0 Å². The lowest BCUT2D eigenvalue weighted by atomic mass is 10.4. The summed E-state index contributed by atoms with van der Waals surface area (Å²) in [5.41, 5.74) is 2.26. The van der Waals surface area contributed by atoms with Crippen LogP contribution in [0.2, 0.25) is 0 Å². The lowest BCUT2D eigenvalue weighted by Crippen LogP contribution is -2.10. The second-order valence-corrected chi connectivity index (χ2v) is 3.94. The van der Waals surface area contributed by atoms with Gasteiger partial charge in [0.1, 0.15) is 12.2 Å². The molecule has 86 valence electrons. The van der Waals surface area contributed by atoms with Gasteiger partial charge in [-0.3, -0.25) is 0 Å². The van der Waals surface area contributed by atoms with Crippen molar-refractivity contribution in [1.29, 1.82) is 0 Å². The summed E-state index contributed by atoms with van der Waals surface area (Å²) in [5.74, 6) is 0.988. The quantitative estimate of drug-likeness (QED) is 0.784. The number of rotatable bonds is 4. The number of hydrogen-bond acceptors (Lipinski definition) is 3. The van der Waals surface area contributed by atoms with E-state index < -0.39 is 0 Å². The van der Waals surface area contributed by atoms with Gasteiger partial charge in [-0.2, -0.15) is 5.10 Å². The normalized spacial score (nSPS) is 10.9. The van der Waals surface area contributed by atoms with E-state index in [-0.39, 0.29) is 0 Å². The molecule has 2 rings (SSSR count). The van der Waals surface area contributed by atoms with Crippen molar-refractivity contribution in [2.24, 2.45) is 0 Å². The molecule has 2 aromatic rings. The largest absolute Gasteiger partial charge is 0.327 e. The Morgan fingerprint density at radius 3 is 2.69 bits per heavy atom. The van der Waals surface area contributed by atoms with Crippen molar-refractivity contribution < 1.29 is 0 Å². The average Bonchev–Trinajstić information content (AvgIpc) is 2.82. The predicted octanol–water partition coefficient (Wildman–Crippen LogP) is 1.55. The maximum absolute atomic E-state index is 4.28. The van der Waals surface area contributed by atoms with Crippen molar-refractivity contribution in [1.82, 2.24) is 24.3 Å². The highest BCUT2D eigenvalue weighted by atomic mass is 15.3. The minimum Gasteiger partial charge on any atom is -0.327 e. The van der Waals surface area contributed by atoms with Gasteiger partial charge in [-0.1, -0.05) is 6.92 Å². The molecule has 0 aliphatic rings. The van der Waals surface area contributed by atoms with Crippen LogP contribution in [-0.2, 0) is 13.1 Å². The van der Waals surface area contributed by atoms with E-state index in [1.807, 2.05) is 17.9 Å². The van der Waals surface area contributed by atoms with Gasteiger partial charge >= 0.3 is 0 Å². The Morgan fingerprint density at radius 1 is 1.25 bits per heavy atom. The first-order valence-electron chi connectivity index (χ1n) is 5.57. The Kier molecular flexibility index (Phi) is 3.03. The molecule has 0 radical (unpaired) electrons. The van der Waals surface area contributed by atoms with Gasteiger partial charge in [-0.05, 0) is 20.3 Å². The molecule has 5 nitrogen and oxygen atoms in total. The molecule has 2 heterocycles. The first kappa shape index (κ1) is 10.9. The van der Waals surface area contributed by atoms with Crippen LogP contribution >= 0.6 is 0 Å². The van der Waals surface area contributed by atoms with Crippen molar-refractivity contribution in [3.8, 4) is 0 Å². The molecule has 0 aromatic carbocycles. The lowest BCUT2D eigenvalue weighted by Gasteiger charge is -2.06. The van der Waals surface area contributed by atoms with Crippen molar-refractivity contribution >= 4 is 0 Å². The minimum atomic E-state index is 0.743. The van der Waals surface area contributed by atoms with Crippen LogP contribution in [0.1, 0.15) is 30.6 Å². The molecular weight excluding hydrogens is 202 g/mol. The first-order valence-corrected chi connectivity index (χ1v) is 5.57. The molecule has 0 atom stereocenters. The summed E-state index contributed by atoms with van der Waals surface area (Å²) >= 11 is 0. The standard InChI is InChI=1S/C11H17N5/c1-4-5-16-11(12-7-14-16)6-15-8-13-9(2)10(15)3/h7-8H,4-6H2,1-3H3. The van der Waals surface area contributed by atoms with Crippen LogP contribution in [0, 0.1) is 13.8 Å². The second kappa shape index (κ2) is 4.47. The van der Waals surface area contributed by atoms with Crippen LogP contribution in [0.25, 0.3) is 0 Å². The Balaban J connectivity index is 2.20. The summed E-state index contributed by atoms with van der Waals surface area (Å²) in [7, 11) is 0. The van der Waals surface area contributed by atoms with E-state index in [9.17, 15) is 0 Å². The van der Waals surface area contributed by atoms with Gasteiger partial charge < -0.3 is 4.57 Å². The molecule has 0 bridgehead atoms. The number of aryl methyl sites for hydroxylation is 2. The molecule has 5 heteroatoms. The van der Waals surface area contributed by atoms with Crippen LogP contribution in [0.4, 0.5) is 0 Å². The molecule has 0 saturated heterocycles. The molecule has 0 spiro atoms. The monoisotopic (exact) mass is 219 g/mol. The number of hydrogen-bond donors (Lipinski definition) is 0. The van der Waals surface area contributed by atoms with Gasteiger partial charge in [0.15, 0.2) is 0 Å². The third-order valence-corrected chi connectivity index (χ3v) is 2.79. The van der Waals surface area contributed by atoms with Crippen LogP contribution in [0.3, 0.4) is 0 Å². The van der Waals surface area contributed by atoms with E-state index in [0.29, 0.717) is 0 Å². The van der Waals surface area contributed by atoms with Crippen molar-refractivity contribution in [2.75, 3.05) is 0 Å². The van der Waals surface area contributed by atoms with Crippen LogP contribution < -0.4 is 0 Å². The van der Waals surface area contributed by atoms with Crippen molar-refractivity contribution in [3.63, 3.8) is 0 Å². The van der Waals surface area contributed by atoms with E-state index in [1.54, 1.807) is 6.33 Å². The average molecular weight is 219 g/mol. The molecule has 0 saturated carbocycles. The Bertz CT molecular complexity index is 468. The second-order valence-electron chi connectivity index (χ2n) is 3.94. The fourth-order valence-electron chi connectivity index (χ4n) is 1.67. The minimum absolute atomic E-state index is 0.743. The molecule has 0 N–H and O–H groups in total. The van der Waals surface area contributed by atoms with Crippen molar-refractivity contribution in [3.05, 3.63) is 29.9 Å². The SMILES string of the molecule is CCCn1ncnc1Cn1cnc(C)c1C. The third kappa shape index (κ3) is 1.98.